The lowest BCUT2D eigenvalue weighted by molar-refractivity contribution is 0.155. The average Bonchev–Trinajstić information content (AvgIpc) is 2.39. The third-order valence-electron chi connectivity index (χ3n) is 3.47. The van der Waals surface area contributed by atoms with Gasteiger partial charge in [0.25, 0.3) is 0 Å². The van der Waals surface area contributed by atoms with Crippen LogP contribution in [-0.4, -0.2) is 55.8 Å². The summed E-state index contributed by atoms with van der Waals surface area (Å²) in [5.41, 5.74) is 1.46. The van der Waals surface area contributed by atoms with Crippen molar-refractivity contribution in [2.45, 2.75) is 11.3 Å². The second-order valence-electron chi connectivity index (χ2n) is 4.74. The van der Waals surface area contributed by atoms with Crippen LogP contribution in [0.3, 0.4) is 0 Å². The maximum absolute atomic E-state index is 2.57. The van der Waals surface area contributed by atoms with E-state index in [0.29, 0.717) is 0 Å². The van der Waals surface area contributed by atoms with Crippen molar-refractivity contribution in [2.24, 2.45) is 0 Å². The van der Waals surface area contributed by atoms with Gasteiger partial charge in [-0.25, -0.2) is 0 Å². The van der Waals surface area contributed by atoms with Gasteiger partial charge in [-0.2, -0.15) is 0 Å². The van der Waals surface area contributed by atoms with Gasteiger partial charge < -0.3 is 9.80 Å². The highest BCUT2D eigenvalue weighted by atomic mass is 32.2. The van der Waals surface area contributed by atoms with Crippen molar-refractivity contribution in [1.82, 2.24) is 9.80 Å². The number of rotatable bonds is 4. The number of hydrogen-bond acceptors (Lipinski definition) is 3. The molecule has 1 heterocycles. The molecule has 1 saturated heterocycles. The van der Waals surface area contributed by atoms with Gasteiger partial charge in [-0.3, -0.25) is 0 Å². The molecular formula is C14H22N2S. The maximum Gasteiger partial charge on any atom is 0.0110 e. The van der Waals surface area contributed by atoms with Gasteiger partial charge in [0.1, 0.15) is 0 Å². The Hall–Kier alpha value is -0.510. The molecule has 1 aromatic carbocycles. The van der Waals surface area contributed by atoms with E-state index in [-0.39, 0.29) is 0 Å². The lowest BCUT2D eigenvalue weighted by atomic mass is 10.1. The van der Waals surface area contributed by atoms with E-state index in [0.717, 1.165) is 0 Å². The van der Waals surface area contributed by atoms with Crippen LogP contribution >= 0.6 is 11.8 Å². The van der Waals surface area contributed by atoms with Crippen LogP contribution in [0.1, 0.15) is 5.56 Å². The van der Waals surface area contributed by atoms with Crippen molar-refractivity contribution in [1.29, 1.82) is 0 Å². The number of hydrogen-bond donors (Lipinski definition) is 0. The molecular weight excluding hydrogens is 228 g/mol. The van der Waals surface area contributed by atoms with Gasteiger partial charge in [0.15, 0.2) is 0 Å². The molecule has 0 spiro atoms. The normalized spacial score (nSPS) is 18.5. The largest absolute Gasteiger partial charge is 0.304 e. The van der Waals surface area contributed by atoms with Crippen LogP contribution in [0.4, 0.5) is 0 Å². The summed E-state index contributed by atoms with van der Waals surface area (Å²) in [7, 11) is 2.21. The molecule has 0 aromatic heterocycles. The molecule has 3 heteroatoms. The molecule has 0 atom stereocenters. The van der Waals surface area contributed by atoms with Crippen LogP contribution in [0.2, 0.25) is 0 Å². The molecule has 1 aliphatic heterocycles. The molecule has 0 N–H and O–H groups in total. The minimum Gasteiger partial charge on any atom is -0.304 e. The fourth-order valence-electron chi connectivity index (χ4n) is 2.15. The van der Waals surface area contributed by atoms with Crippen molar-refractivity contribution < 1.29 is 0 Å². The van der Waals surface area contributed by atoms with Crippen molar-refractivity contribution in [3.8, 4) is 0 Å². The molecule has 0 unspecified atom stereocenters. The van der Waals surface area contributed by atoms with Gasteiger partial charge in [0.05, 0.1) is 0 Å². The molecule has 0 bridgehead atoms. The van der Waals surface area contributed by atoms with E-state index in [2.05, 4.69) is 47.4 Å². The van der Waals surface area contributed by atoms with Crippen molar-refractivity contribution in [2.75, 3.05) is 46.0 Å². The second-order valence-corrected chi connectivity index (χ2v) is 5.62. The third-order valence-corrected chi connectivity index (χ3v) is 4.22. The van der Waals surface area contributed by atoms with E-state index in [1.807, 2.05) is 11.8 Å². The van der Waals surface area contributed by atoms with Crippen LogP contribution in [0.5, 0.6) is 0 Å². The van der Waals surface area contributed by atoms with Gasteiger partial charge in [0.2, 0.25) is 0 Å². The van der Waals surface area contributed by atoms with Crippen molar-refractivity contribution in [3.05, 3.63) is 29.8 Å². The Morgan fingerprint density at radius 2 is 1.71 bits per heavy atom. The Bertz CT molecular complexity index is 329. The first-order chi connectivity index (χ1) is 8.28. The summed E-state index contributed by atoms with van der Waals surface area (Å²) in [6.07, 6.45) is 3.30. The summed E-state index contributed by atoms with van der Waals surface area (Å²) in [6.45, 7) is 6.07. The predicted molar refractivity (Wildman–Crippen MR) is 75.9 cm³/mol. The standard InChI is InChI=1S/C14H22N2S/c1-15-9-11-16(12-10-15)8-7-13-3-5-14(17-2)6-4-13/h3-6H,7-12H2,1-2H3. The first kappa shape index (κ1) is 12.9. The predicted octanol–water partition coefficient (Wildman–Crippen LogP) is 2.20. The quantitative estimate of drug-likeness (QED) is 0.757. The highest BCUT2D eigenvalue weighted by Gasteiger charge is 2.12. The fraction of sp³-hybridized carbons (Fsp3) is 0.571. The monoisotopic (exact) mass is 250 g/mol. The maximum atomic E-state index is 2.57. The van der Waals surface area contributed by atoms with E-state index >= 15 is 0 Å². The molecule has 2 rings (SSSR count). The number of piperazine rings is 1. The van der Waals surface area contributed by atoms with Crippen LogP contribution in [-0.2, 0) is 6.42 Å². The lowest BCUT2D eigenvalue weighted by Crippen LogP contribution is -2.45. The number of benzene rings is 1. The molecule has 0 aliphatic carbocycles. The summed E-state index contributed by atoms with van der Waals surface area (Å²) < 4.78 is 0. The second kappa shape index (κ2) is 6.43. The number of thioether (sulfide) groups is 1. The van der Waals surface area contributed by atoms with Gasteiger partial charge in [-0.15, -0.1) is 11.8 Å². The molecule has 0 saturated carbocycles. The first-order valence-electron chi connectivity index (χ1n) is 6.32. The Balaban J connectivity index is 1.77. The highest BCUT2D eigenvalue weighted by Crippen LogP contribution is 2.15. The summed E-state index contributed by atoms with van der Waals surface area (Å²) in [5, 5.41) is 0. The van der Waals surface area contributed by atoms with Crippen molar-refractivity contribution in [3.63, 3.8) is 0 Å². The summed E-state index contributed by atoms with van der Waals surface area (Å²) in [6, 6.07) is 8.98. The Morgan fingerprint density at radius 1 is 1.06 bits per heavy atom. The van der Waals surface area contributed by atoms with E-state index in [4.69, 9.17) is 0 Å². The summed E-state index contributed by atoms with van der Waals surface area (Å²) >= 11 is 1.81. The number of likely N-dealkylation sites (N-methyl/N-ethyl adjacent to an activating group) is 1. The van der Waals surface area contributed by atoms with E-state index in [1.54, 1.807) is 0 Å². The lowest BCUT2D eigenvalue weighted by Gasteiger charge is -2.32. The van der Waals surface area contributed by atoms with Gasteiger partial charge >= 0.3 is 0 Å². The smallest absolute Gasteiger partial charge is 0.0110 e. The van der Waals surface area contributed by atoms with Crippen LogP contribution < -0.4 is 0 Å². The molecule has 1 fully saturated rings. The van der Waals surface area contributed by atoms with E-state index in [1.165, 1.54) is 49.6 Å². The molecule has 0 amide bonds. The zero-order valence-electron chi connectivity index (χ0n) is 10.9. The topological polar surface area (TPSA) is 6.48 Å². The molecule has 17 heavy (non-hydrogen) atoms. The minimum absolute atomic E-state index is 1.18. The van der Waals surface area contributed by atoms with E-state index < -0.39 is 0 Å². The van der Waals surface area contributed by atoms with E-state index in [9.17, 15) is 0 Å². The molecule has 2 nitrogen and oxygen atoms in total. The Labute approximate surface area is 109 Å². The summed E-state index contributed by atoms with van der Waals surface area (Å²) in [5.74, 6) is 0. The zero-order valence-corrected chi connectivity index (χ0v) is 11.7. The first-order valence-corrected chi connectivity index (χ1v) is 7.54. The fourth-order valence-corrected chi connectivity index (χ4v) is 2.56. The third kappa shape index (κ3) is 4.02. The molecule has 1 aromatic rings. The summed E-state index contributed by atoms with van der Waals surface area (Å²) in [4.78, 5) is 6.33. The average molecular weight is 250 g/mol. The SMILES string of the molecule is CSc1ccc(CCN2CCN(C)CC2)cc1. The van der Waals surface area contributed by atoms with Crippen LogP contribution in [0.15, 0.2) is 29.2 Å². The van der Waals surface area contributed by atoms with Gasteiger partial charge in [-0.05, 0) is 37.4 Å². The zero-order chi connectivity index (χ0) is 12.1. The van der Waals surface area contributed by atoms with Crippen LogP contribution in [0.25, 0.3) is 0 Å². The van der Waals surface area contributed by atoms with Crippen molar-refractivity contribution >= 4 is 11.8 Å². The molecule has 1 aliphatic rings. The number of nitrogens with zero attached hydrogens (tertiary/aromatic N) is 2. The Morgan fingerprint density at radius 3 is 2.29 bits per heavy atom. The Kier molecular flexibility index (Phi) is 4.89. The molecule has 94 valence electrons. The van der Waals surface area contributed by atoms with Gasteiger partial charge in [0, 0.05) is 37.6 Å². The highest BCUT2D eigenvalue weighted by molar-refractivity contribution is 7.98. The molecule has 0 radical (unpaired) electrons. The minimum atomic E-state index is 1.18. The van der Waals surface area contributed by atoms with Crippen LogP contribution in [0, 0.1) is 0 Å². The van der Waals surface area contributed by atoms with Gasteiger partial charge in [-0.1, -0.05) is 12.1 Å².